The highest BCUT2D eigenvalue weighted by molar-refractivity contribution is 5.85. The van der Waals surface area contributed by atoms with Gasteiger partial charge >= 0.3 is 0 Å². The van der Waals surface area contributed by atoms with E-state index >= 15 is 0 Å². The lowest BCUT2D eigenvalue weighted by atomic mass is 9.52. The van der Waals surface area contributed by atoms with Crippen molar-refractivity contribution in [3.63, 3.8) is 0 Å². The molecule has 4 atom stereocenters. The molecule has 3 aliphatic rings. The summed E-state index contributed by atoms with van der Waals surface area (Å²) < 4.78 is 0. The van der Waals surface area contributed by atoms with Crippen LogP contribution in [-0.4, -0.2) is 16.7 Å². The zero-order valence-corrected chi connectivity index (χ0v) is 10.9. The Kier molecular flexibility index (Phi) is 2.69. The molecule has 4 heteroatoms. The highest BCUT2D eigenvalue weighted by atomic mass is 16.6. The van der Waals surface area contributed by atoms with E-state index in [0.717, 1.165) is 18.4 Å². The molecular weight excluding hydrogens is 242 g/mol. The summed E-state index contributed by atoms with van der Waals surface area (Å²) in [4.78, 5) is 23.6. The minimum Gasteiger partial charge on any atom is -0.299 e. The Morgan fingerprint density at radius 2 is 2.00 bits per heavy atom. The number of ketones is 1. The number of rotatable bonds is 2. The van der Waals surface area contributed by atoms with Gasteiger partial charge in [-0.2, -0.15) is 0 Å². The number of nitrogens with zero attached hydrogens (tertiary/aromatic N) is 1. The Labute approximate surface area is 112 Å². The van der Waals surface area contributed by atoms with Crippen molar-refractivity contribution in [1.82, 2.24) is 0 Å². The van der Waals surface area contributed by atoms with Gasteiger partial charge in [0.1, 0.15) is 5.78 Å². The van der Waals surface area contributed by atoms with E-state index in [2.05, 4.69) is 0 Å². The number of carbonyl (C=O) groups excluding carboxylic acids is 1. The fourth-order valence-electron chi connectivity index (χ4n) is 4.03. The van der Waals surface area contributed by atoms with E-state index in [0.29, 0.717) is 6.42 Å². The van der Waals surface area contributed by atoms with Crippen LogP contribution in [0.25, 0.3) is 0 Å². The van der Waals surface area contributed by atoms with Crippen molar-refractivity contribution in [2.24, 2.45) is 11.3 Å². The molecule has 4 nitrogen and oxygen atoms in total. The Morgan fingerprint density at radius 3 is 2.58 bits per heavy atom. The molecule has 0 N–H and O–H groups in total. The van der Waals surface area contributed by atoms with E-state index < -0.39 is 11.5 Å². The molecule has 2 bridgehead atoms. The molecule has 19 heavy (non-hydrogen) atoms. The minimum atomic E-state index is -0.633. The van der Waals surface area contributed by atoms with Crippen molar-refractivity contribution >= 4 is 5.78 Å². The quantitative estimate of drug-likeness (QED) is 0.606. The van der Waals surface area contributed by atoms with Gasteiger partial charge in [-0.3, -0.25) is 14.9 Å². The van der Waals surface area contributed by atoms with Gasteiger partial charge in [-0.1, -0.05) is 37.3 Å². The van der Waals surface area contributed by atoms with Crippen molar-refractivity contribution in [3.05, 3.63) is 46.0 Å². The summed E-state index contributed by atoms with van der Waals surface area (Å²) in [6.07, 6.45) is 1.95. The topological polar surface area (TPSA) is 60.2 Å². The van der Waals surface area contributed by atoms with Crippen LogP contribution in [0.2, 0.25) is 0 Å². The summed E-state index contributed by atoms with van der Waals surface area (Å²) in [6.45, 7) is 1.91. The lowest BCUT2D eigenvalue weighted by Crippen LogP contribution is -2.56. The van der Waals surface area contributed by atoms with Gasteiger partial charge in [0.25, 0.3) is 0 Å². The highest BCUT2D eigenvalue weighted by Gasteiger charge is 2.61. The molecule has 100 valence electrons. The second-order valence-corrected chi connectivity index (χ2v) is 6.11. The largest absolute Gasteiger partial charge is 0.299 e. The summed E-state index contributed by atoms with van der Waals surface area (Å²) in [6, 6.07) is 8.88. The number of fused-ring (bicyclic) bond motifs is 3. The zero-order chi connectivity index (χ0) is 13.6. The van der Waals surface area contributed by atoms with Crippen LogP contribution in [0, 0.1) is 21.4 Å². The number of nitro groups is 1. The Hall–Kier alpha value is -1.71. The number of Topliss-reactive ketones (excluding diaryl/α,β-unsaturated/α-hetero) is 1. The highest BCUT2D eigenvalue weighted by Crippen LogP contribution is 2.55. The van der Waals surface area contributed by atoms with Crippen molar-refractivity contribution in [3.8, 4) is 0 Å². The van der Waals surface area contributed by atoms with Crippen molar-refractivity contribution in [2.45, 2.75) is 38.1 Å². The molecule has 3 aliphatic carbocycles. The third-order valence-electron chi connectivity index (χ3n) is 4.92. The number of benzene rings is 1. The van der Waals surface area contributed by atoms with Crippen molar-refractivity contribution in [2.75, 3.05) is 0 Å². The summed E-state index contributed by atoms with van der Waals surface area (Å²) in [5, 5.41) is 11.5. The van der Waals surface area contributed by atoms with Gasteiger partial charge in [0.05, 0.1) is 5.92 Å². The standard InChI is InChI=1S/C15H17NO3/c1-15-8-7-11(12(17)9-15)13(14(15)16(18)19)10-5-3-2-4-6-10/h2-6,11,13-14H,7-9H2,1H3/t11-,13+,14+,15+/m1/s1. The zero-order valence-electron chi connectivity index (χ0n) is 10.9. The number of carbonyl (C=O) groups is 1. The van der Waals surface area contributed by atoms with Gasteiger partial charge in [0, 0.05) is 22.7 Å². The van der Waals surface area contributed by atoms with Gasteiger partial charge in [-0.15, -0.1) is 0 Å². The Balaban J connectivity index is 2.09. The van der Waals surface area contributed by atoms with Crippen LogP contribution < -0.4 is 0 Å². The molecule has 3 fully saturated rings. The van der Waals surface area contributed by atoms with Crippen LogP contribution in [0.4, 0.5) is 0 Å². The molecule has 0 aromatic heterocycles. The van der Waals surface area contributed by atoms with Crippen LogP contribution in [0.1, 0.15) is 37.7 Å². The Bertz CT molecular complexity index is 527. The molecule has 0 unspecified atom stereocenters. The summed E-state index contributed by atoms with van der Waals surface area (Å²) in [5.74, 6) is -0.212. The molecule has 0 saturated heterocycles. The van der Waals surface area contributed by atoms with Gasteiger partial charge < -0.3 is 0 Å². The van der Waals surface area contributed by atoms with Crippen LogP contribution in [0.5, 0.6) is 0 Å². The van der Waals surface area contributed by atoms with Crippen LogP contribution >= 0.6 is 0 Å². The first-order valence-electron chi connectivity index (χ1n) is 6.74. The molecule has 3 saturated carbocycles. The van der Waals surface area contributed by atoms with E-state index in [4.69, 9.17) is 0 Å². The van der Waals surface area contributed by atoms with Crippen LogP contribution in [0.15, 0.2) is 30.3 Å². The first-order valence-corrected chi connectivity index (χ1v) is 6.74. The predicted molar refractivity (Wildman–Crippen MR) is 70.4 cm³/mol. The van der Waals surface area contributed by atoms with Gasteiger partial charge in [-0.25, -0.2) is 0 Å². The lowest BCUT2D eigenvalue weighted by molar-refractivity contribution is -0.553. The van der Waals surface area contributed by atoms with Gasteiger partial charge in [-0.05, 0) is 18.4 Å². The fourth-order valence-corrected chi connectivity index (χ4v) is 4.03. The maximum absolute atomic E-state index is 12.2. The second kappa shape index (κ2) is 4.15. The smallest absolute Gasteiger partial charge is 0.226 e. The molecule has 1 aromatic carbocycles. The van der Waals surface area contributed by atoms with E-state index in [1.54, 1.807) is 0 Å². The SMILES string of the molecule is C[C@]12CC[C@H](C(=O)C1)[C@H](c1ccccc1)[C@@H]2[N+](=O)[O-]. The molecule has 0 spiro atoms. The van der Waals surface area contributed by atoms with Crippen molar-refractivity contribution in [1.29, 1.82) is 0 Å². The first kappa shape index (κ1) is 12.3. The number of hydrogen-bond acceptors (Lipinski definition) is 3. The molecule has 0 aliphatic heterocycles. The lowest BCUT2D eigenvalue weighted by Gasteiger charge is -2.49. The molecule has 0 radical (unpaired) electrons. The summed E-state index contributed by atoms with van der Waals surface area (Å²) >= 11 is 0. The van der Waals surface area contributed by atoms with E-state index in [9.17, 15) is 14.9 Å². The average Bonchev–Trinajstić information content (AvgIpc) is 2.37. The Morgan fingerprint density at radius 1 is 1.32 bits per heavy atom. The van der Waals surface area contributed by atoms with Crippen LogP contribution in [0.3, 0.4) is 0 Å². The molecule has 4 rings (SSSR count). The maximum atomic E-state index is 12.2. The van der Waals surface area contributed by atoms with Crippen LogP contribution in [-0.2, 0) is 4.79 Å². The van der Waals surface area contributed by atoms with Gasteiger partial charge in [0.2, 0.25) is 6.04 Å². The minimum absolute atomic E-state index is 0.156. The monoisotopic (exact) mass is 259 g/mol. The third-order valence-corrected chi connectivity index (χ3v) is 4.92. The molecule has 1 aromatic rings. The van der Waals surface area contributed by atoms with Crippen molar-refractivity contribution < 1.29 is 9.72 Å². The fraction of sp³-hybridized carbons (Fsp3) is 0.533. The number of hydrogen-bond donors (Lipinski definition) is 0. The molecule has 0 heterocycles. The van der Waals surface area contributed by atoms with Gasteiger partial charge in [0.15, 0.2) is 0 Å². The van der Waals surface area contributed by atoms with E-state index in [-0.39, 0.29) is 22.5 Å². The normalized spacial score (nSPS) is 37.3. The maximum Gasteiger partial charge on any atom is 0.226 e. The molecular formula is C15H17NO3. The van der Waals surface area contributed by atoms with E-state index in [1.165, 1.54) is 0 Å². The first-order chi connectivity index (χ1) is 9.03. The third kappa shape index (κ3) is 1.78. The second-order valence-electron chi connectivity index (χ2n) is 6.11. The van der Waals surface area contributed by atoms with E-state index in [1.807, 2.05) is 37.3 Å². The average molecular weight is 259 g/mol. The summed E-state index contributed by atoms with van der Waals surface area (Å²) in [5.41, 5.74) is 0.462. The molecule has 0 amide bonds. The summed E-state index contributed by atoms with van der Waals surface area (Å²) in [7, 11) is 0. The predicted octanol–water partition coefficient (Wildman–Crippen LogP) is 2.80.